The fraction of sp³-hybridized carbons (Fsp3) is 0.562. The van der Waals surface area contributed by atoms with Crippen molar-refractivity contribution in [3.63, 3.8) is 0 Å². The molecule has 4 nitrogen and oxygen atoms in total. The van der Waals surface area contributed by atoms with Gasteiger partial charge in [-0.05, 0) is 62.4 Å². The van der Waals surface area contributed by atoms with Crippen LogP contribution in [0.2, 0.25) is 0 Å². The second kappa shape index (κ2) is 7.29. The van der Waals surface area contributed by atoms with Gasteiger partial charge in [-0.15, -0.1) is 0 Å². The van der Waals surface area contributed by atoms with Gasteiger partial charge in [0, 0.05) is 12.1 Å². The summed E-state index contributed by atoms with van der Waals surface area (Å²) in [6.07, 6.45) is 5.64. The van der Waals surface area contributed by atoms with Gasteiger partial charge in [-0.2, -0.15) is 0 Å². The fourth-order valence-electron chi connectivity index (χ4n) is 2.43. The van der Waals surface area contributed by atoms with Crippen molar-refractivity contribution in [1.29, 1.82) is 0 Å². The van der Waals surface area contributed by atoms with E-state index in [4.69, 9.17) is 10.5 Å². The number of rotatable bonds is 6. The van der Waals surface area contributed by atoms with Crippen molar-refractivity contribution in [2.75, 3.05) is 11.9 Å². The second-order valence-corrected chi connectivity index (χ2v) is 5.64. The van der Waals surface area contributed by atoms with Gasteiger partial charge in [-0.25, -0.2) is 0 Å². The average Bonchev–Trinajstić information content (AvgIpc) is 2.93. The first-order valence-electron chi connectivity index (χ1n) is 7.44. The van der Waals surface area contributed by atoms with Gasteiger partial charge in [0.25, 0.3) is 0 Å². The molecule has 1 aromatic carbocycles. The van der Waals surface area contributed by atoms with E-state index in [-0.39, 0.29) is 11.8 Å². The minimum atomic E-state index is 0.00686. The van der Waals surface area contributed by atoms with Crippen molar-refractivity contribution in [2.45, 2.75) is 45.1 Å². The number of ether oxygens (including phenoxy) is 1. The molecule has 1 atom stereocenters. The monoisotopic (exact) mass is 276 g/mol. The van der Waals surface area contributed by atoms with Crippen LogP contribution in [0.15, 0.2) is 24.3 Å². The van der Waals surface area contributed by atoms with Crippen molar-refractivity contribution in [3.8, 4) is 5.75 Å². The summed E-state index contributed by atoms with van der Waals surface area (Å²) in [6, 6.07) is 7.60. The highest BCUT2D eigenvalue weighted by Crippen LogP contribution is 2.25. The Kier molecular flexibility index (Phi) is 5.41. The summed E-state index contributed by atoms with van der Waals surface area (Å²) in [7, 11) is 0. The third-order valence-corrected chi connectivity index (χ3v) is 3.68. The van der Waals surface area contributed by atoms with Gasteiger partial charge in [-0.3, -0.25) is 4.79 Å². The van der Waals surface area contributed by atoms with Crippen LogP contribution in [-0.4, -0.2) is 18.6 Å². The van der Waals surface area contributed by atoms with E-state index in [0.717, 1.165) is 24.3 Å². The molecule has 3 N–H and O–H groups in total. The lowest BCUT2D eigenvalue weighted by atomic mass is 10.1. The number of carbonyl (C=O) groups excluding carboxylic acids is 1. The van der Waals surface area contributed by atoms with Crippen LogP contribution in [0, 0.1) is 5.92 Å². The molecule has 20 heavy (non-hydrogen) atoms. The van der Waals surface area contributed by atoms with Gasteiger partial charge in [0.1, 0.15) is 5.75 Å². The molecule has 0 bridgehead atoms. The summed E-state index contributed by atoms with van der Waals surface area (Å²) < 4.78 is 5.89. The Morgan fingerprint density at radius 1 is 1.35 bits per heavy atom. The summed E-state index contributed by atoms with van der Waals surface area (Å²) >= 11 is 0. The zero-order valence-electron chi connectivity index (χ0n) is 12.1. The number of hydrogen-bond acceptors (Lipinski definition) is 3. The first-order valence-corrected chi connectivity index (χ1v) is 7.44. The van der Waals surface area contributed by atoms with E-state index in [0.29, 0.717) is 19.1 Å². The van der Waals surface area contributed by atoms with Crippen molar-refractivity contribution < 1.29 is 9.53 Å². The van der Waals surface area contributed by atoms with Crippen molar-refractivity contribution in [2.24, 2.45) is 11.7 Å². The summed E-state index contributed by atoms with van der Waals surface area (Å²) in [5.74, 6) is 1.10. The molecule has 1 unspecified atom stereocenters. The maximum atomic E-state index is 11.7. The van der Waals surface area contributed by atoms with E-state index in [2.05, 4.69) is 5.32 Å². The summed E-state index contributed by atoms with van der Waals surface area (Å²) in [6.45, 7) is 2.50. The summed E-state index contributed by atoms with van der Waals surface area (Å²) in [5.41, 5.74) is 6.32. The molecule has 0 radical (unpaired) electrons. The van der Waals surface area contributed by atoms with Crippen molar-refractivity contribution in [3.05, 3.63) is 24.3 Å². The standard InChI is InChI=1S/C16H24N2O2/c1-12(11-17)10-16(19)18-13-6-8-15(9-7-13)20-14-4-2-3-5-14/h6-9,12,14H,2-5,10-11,17H2,1H3,(H,18,19). The molecule has 1 amide bonds. The van der Waals surface area contributed by atoms with Crippen LogP contribution in [-0.2, 0) is 4.79 Å². The molecular formula is C16H24N2O2. The van der Waals surface area contributed by atoms with E-state index in [1.165, 1.54) is 12.8 Å². The molecule has 0 heterocycles. The minimum Gasteiger partial charge on any atom is -0.490 e. The molecule has 0 spiro atoms. The number of amides is 1. The Balaban J connectivity index is 1.83. The van der Waals surface area contributed by atoms with Gasteiger partial charge >= 0.3 is 0 Å². The maximum absolute atomic E-state index is 11.7. The molecule has 0 saturated heterocycles. The minimum absolute atomic E-state index is 0.00686. The molecule has 0 aliphatic heterocycles. The third kappa shape index (κ3) is 4.53. The highest BCUT2D eigenvalue weighted by molar-refractivity contribution is 5.90. The fourth-order valence-corrected chi connectivity index (χ4v) is 2.43. The van der Waals surface area contributed by atoms with E-state index >= 15 is 0 Å². The number of hydrogen-bond donors (Lipinski definition) is 2. The Morgan fingerprint density at radius 2 is 2.00 bits per heavy atom. The highest BCUT2D eigenvalue weighted by atomic mass is 16.5. The molecule has 4 heteroatoms. The second-order valence-electron chi connectivity index (χ2n) is 5.64. The quantitative estimate of drug-likeness (QED) is 0.839. The van der Waals surface area contributed by atoms with Crippen LogP contribution in [0.1, 0.15) is 39.0 Å². The molecule has 1 aliphatic rings. The molecule has 1 aromatic rings. The molecule has 110 valence electrons. The predicted molar refractivity (Wildman–Crippen MR) is 80.8 cm³/mol. The first kappa shape index (κ1) is 14.9. The lowest BCUT2D eigenvalue weighted by molar-refractivity contribution is -0.116. The van der Waals surface area contributed by atoms with Crippen LogP contribution in [0.5, 0.6) is 5.75 Å². The number of carbonyl (C=O) groups is 1. The molecule has 1 fully saturated rings. The molecular weight excluding hydrogens is 252 g/mol. The van der Waals surface area contributed by atoms with Gasteiger partial charge in [0.15, 0.2) is 0 Å². The molecule has 1 saturated carbocycles. The number of anilines is 1. The topological polar surface area (TPSA) is 64.4 Å². The number of benzene rings is 1. The van der Waals surface area contributed by atoms with Gasteiger partial charge < -0.3 is 15.8 Å². The van der Waals surface area contributed by atoms with Crippen LogP contribution < -0.4 is 15.8 Å². The van der Waals surface area contributed by atoms with E-state index in [1.54, 1.807) is 0 Å². The Bertz CT molecular complexity index is 425. The van der Waals surface area contributed by atoms with Gasteiger partial charge in [0.2, 0.25) is 5.91 Å². The van der Waals surface area contributed by atoms with Gasteiger partial charge in [-0.1, -0.05) is 6.92 Å². The normalized spacial score (nSPS) is 16.9. The lowest BCUT2D eigenvalue weighted by Gasteiger charge is -2.14. The average molecular weight is 276 g/mol. The van der Waals surface area contributed by atoms with E-state index < -0.39 is 0 Å². The lowest BCUT2D eigenvalue weighted by Crippen LogP contribution is -2.20. The number of nitrogens with one attached hydrogen (secondary N) is 1. The predicted octanol–water partition coefficient (Wildman–Crippen LogP) is 2.93. The van der Waals surface area contributed by atoms with E-state index in [9.17, 15) is 4.79 Å². The SMILES string of the molecule is CC(CN)CC(=O)Nc1ccc(OC2CCCC2)cc1. The summed E-state index contributed by atoms with van der Waals surface area (Å²) in [4.78, 5) is 11.7. The Hall–Kier alpha value is -1.55. The smallest absolute Gasteiger partial charge is 0.224 e. The molecule has 2 rings (SSSR count). The highest BCUT2D eigenvalue weighted by Gasteiger charge is 2.16. The largest absolute Gasteiger partial charge is 0.490 e. The first-order chi connectivity index (χ1) is 9.67. The Morgan fingerprint density at radius 3 is 2.60 bits per heavy atom. The molecule has 1 aliphatic carbocycles. The summed E-state index contributed by atoms with van der Waals surface area (Å²) in [5, 5.41) is 2.88. The van der Waals surface area contributed by atoms with Crippen LogP contribution in [0.4, 0.5) is 5.69 Å². The van der Waals surface area contributed by atoms with Crippen LogP contribution in [0.25, 0.3) is 0 Å². The molecule has 0 aromatic heterocycles. The van der Waals surface area contributed by atoms with Crippen molar-refractivity contribution >= 4 is 11.6 Å². The zero-order valence-corrected chi connectivity index (χ0v) is 12.1. The third-order valence-electron chi connectivity index (χ3n) is 3.68. The van der Waals surface area contributed by atoms with Crippen LogP contribution in [0.3, 0.4) is 0 Å². The zero-order chi connectivity index (χ0) is 14.4. The van der Waals surface area contributed by atoms with E-state index in [1.807, 2.05) is 31.2 Å². The van der Waals surface area contributed by atoms with Crippen molar-refractivity contribution in [1.82, 2.24) is 0 Å². The Labute approximate surface area is 120 Å². The van der Waals surface area contributed by atoms with Gasteiger partial charge in [0.05, 0.1) is 6.10 Å². The van der Waals surface area contributed by atoms with Crippen LogP contribution >= 0.6 is 0 Å². The maximum Gasteiger partial charge on any atom is 0.224 e. The number of nitrogens with two attached hydrogens (primary N) is 1.